The van der Waals surface area contributed by atoms with Crippen molar-refractivity contribution in [2.24, 2.45) is 0 Å². The fraction of sp³-hybridized carbons (Fsp3) is 0.500. The van der Waals surface area contributed by atoms with Gasteiger partial charge in [-0.25, -0.2) is 0 Å². The zero-order valence-corrected chi connectivity index (χ0v) is 6.92. The topological polar surface area (TPSA) is 54.4 Å². The van der Waals surface area contributed by atoms with Crippen LogP contribution in [0.25, 0.3) is 0 Å². The van der Waals surface area contributed by atoms with E-state index >= 15 is 0 Å². The van der Waals surface area contributed by atoms with E-state index in [0.29, 0.717) is 0 Å². The molecule has 0 fully saturated rings. The van der Waals surface area contributed by atoms with Gasteiger partial charge in [0.25, 0.3) is 0 Å². The molecule has 0 bridgehead atoms. The van der Waals surface area contributed by atoms with Crippen molar-refractivity contribution in [3.63, 3.8) is 0 Å². The van der Waals surface area contributed by atoms with Crippen molar-refractivity contribution < 1.29 is 45.7 Å². The molecule has 0 aromatic carbocycles. The second-order valence-corrected chi connectivity index (χ2v) is 1.19. The van der Waals surface area contributed by atoms with Crippen LogP contribution in [0, 0.1) is 0 Å². The van der Waals surface area contributed by atoms with Crippen LogP contribution in [0.5, 0.6) is 0 Å². The van der Waals surface area contributed by atoms with Crippen LogP contribution in [-0.4, -0.2) is 23.3 Å². The van der Waals surface area contributed by atoms with E-state index in [2.05, 4.69) is 0 Å². The molecule has 3 nitrogen and oxygen atoms in total. The standard InChI is InChI=1S/C4H6O3.Na.H/c1-3(6)4(7)2-5;;/h2,4,7H,1H3;;/q;+1;-1. The summed E-state index contributed by atoms with van der Waals surface area (Å²) in [4.78, 5) is 19.4. The Kier molecular flexibility index (Phi) is 7.57. The Balaban J connectivity index is -0.000000180. The zero-order chi connectivity index (χ0) is 5.86. The molecule has 4 heteroatoms. The van der Waals surface area contributed by atoms with Crippen molar-refractivity contribution in [2.75, 3.05) is 0 Å². The summed E-state index contributed by atoms with van der Waals surface area (Å²) >= 11 is 0. The van der Waals surface area contributed by atoms with Crippen molar-refractivity contribution in [2.45, 2.75) is 13.0 Å². The molecule has 1 unspecified atom stereocenters. The molecule has 0 aromatic heterocycles. The molecule has 0 radical (unpaired) electrons. The van der Waals surface area contributed by atoms with E-state index < -0.39 is 11.9 Å². The SMILES string of the molecule is CC(=O)C(O)C=O.[H-].[Na+]. The predicted molar refractivity (Wildman–Crippen MR) is 23.9 cm³/mol. The summed E-state index contributed by atoms with van der Waals surface area (Å²) < 4.78 is 0. The van der Waals surface area contributed by atoms with Crippen LogP contribution in [-0.2, 0) is 9.59 Å². The first kappa shape index (κ1) is 11.1. The molecule has 0 saturated heterocycles. The van der Waals surface area contributed by atoms with Gasteiger partial charge in [-0.1, -0.05) is 0 Å². The Bertz CT molecular complexity index is 95.8. The number of Topliss-reactive ketones (excluding diaryl/α,β-unsaturated/α-hetero) is 1. The molecule has 0 amide bonds. The number of ketones is 1. The van der Waals surface area contributed by atoms with Gasteiger partial charge in [0.1, 0.15) is 0 Å². The molecule has 0 spiro atoms. The van der Waals surface area contributed by atoms with Crippen molar-refractivity contribution >= 4 is 12.1 Å². The first-order valence-corrected chi connectivity index (χ1v) is 1.82. The maximum atomic E-state index is 9.89. The largest absolute Gasteiger partial charge is 1.00 e. The zero-order valence-electron chi connectivity index (χ0n) is 5.92. The minimum absolute atomic E-state index is 0. The first-order chi connectivity index (χ1) is 3.18. The van der Waals surface area contributed by atoms with Crippen molar-refractivity contribution in [1.29, 1.82) is 0 Å². The fourth-order valence-electron chi connectivity index (χ4n) is 0.0958. The molecule has 42 valence electrons. The van der Waals surface area contributed by atoms with E-state index in [4.69, 9.17) is 5.11 Å². The summed E-state index contributed by atoms with van der Waals surface area (Å²) in [6, 6.07) is 0. The number of hydrogen-bond acceptors (Lipinski definition) is 3. The van der Waals surface area contributed by atoms with E-state index in [9.17, 15) is 9.59 Å². The first-order valence-electron chi connectivity index (χ1n) is 1.82. The molecule has 1 atom stereocenters. The van der Waals surface area contributed by atoms with Gasteiger partial charge in [0.15, 0.2) is 18.2 Å². The monoisotopic (exact) mass is 126 g/mol. The van der Waals surface area contributed by atoms with Crippen LogP contribution in [0.2, 0.25) is 0 Å². The summed E-state index contributed by atoms with van der Waals surface area (Å²) in [7, 11) is 0. The van der Waals surface area contributed by atoms with Crippen LogP contribution in [0.3, 0.4) is 0 Å². The maximum Gasteiger partial charge on any atom is 1.00 e. The minimum atomic E-state index is -1.42. The Morgan fingerprint density at radius 1 is 1.88 bits per heavy atom. The van der Waals surface area contributed by atoms with Gasteiger partial charge in [-0.05, 0) is 6.92 Å². The van der Waals surface area contributed by atoms with Gasteiger partial charge in [0.2, 0.25) is 0 Å². The second-order valence-electron chi connectivity index (χ2n) is 1.19. The maximum absolute atomic E-state index is 9.89. The average molecular weight is 126 g/mol. The van der Waals surface area contributed by atoms with Crippen LogP contribution in [0.15, 0.2) is 0 Å². The smallest absolute Gasteiger partial charge is 1.00 e. The van der Waals surface area contributed by atoms with Crippen LogP contribution < -0.4 is 29.6 Å². The number of aliphatic hydroxyl groups is 1. The Morgan fingerprint density at radius 2 is 2.25 bits per heavy atom. The summed E-state index contributed by atoms with van der Waals surface area (Å²) in [6.45, 7) is 1.15. The molecule has 0 aromatic rings. The number of rotatable bonds is 2. The summed E-state index contributed by atoms with van der Waals surface area (Å²) in [5.74, 6) is -0.519. The van der Waals surface area contributed by atoms with Crippen LogP contribution in [0.4, 0.5) is 0 Å². The molecular formula is C4H7NaO3. The Hall–Kier alpha value is 0.300. The molecule has 1 N–H and O–H groups in total. The minimum Gasteiger partial charge on any atom is -1.00 e. The van der Waals surface area contributed by atoms with Gasteiger partial charge in [-0.3, -0.25) is 9.59 Å². The van der Waals surface area contributed by atoms with Gasteiger partial charge in [-0.2, -0.15) is 0 Å². The Labute approximate surface area is 70.8 Å². The molecule has 0 saturated carbocycles. The third kappa shape index (κ3) is 4.46. The third-order valence-electron chi connectivity index (χ3n) is 0.545. The summed E-state index contributed by atoms with van der Waals surface area (Å²) in [5, 5.41) is 8.22. The van der Waals surface area contributed by atoms with Crippen LogP contribution >= 0.6 is 0 Å². The Morgan fingerprint density at radius 3 is 2.25 bits per heavy atom. The van der Waals surface area contributed by atoms with E-state index in [1.807, 2.05) is 0 Å². The quantitative estimate of drug-likeness (QED) is 0.235. The van der Waals surface area contributed by atoms with E-state index in [0.717, 1.165) is 6.92 Å². The number of aldehydes is 1. The number of carbonyl (C=O) groups excluding carboxylic acids is 2. The summed E-state index contributed by atoms with van der Waals surface area (Å²) in [6.07, 6.45) is -1.22. The average Bonchev–Trinajstić information content (AvgIpc) is 1.65. The number of aliphatic hydroxyl groups excluding tert-OH is 1. The van der Waals surface area contributed by atoms with Gasteiger partial charge >= 0.3 is 29.6 Å². The predicted octanol–water partition coefficient (Wildman–Crippen LogP) is -3.75. The second kappa shape index (κ2) is 5.44. The number of hydrogen-bond donors (Lipinski definition) is 1. The van der Waals surface area contributed by atoms with Gasteiger partial charge in [-0.15, -0.1) is 0 Å². The molecule has 0 aliphatic rings. The van der Waals surface area contributed by atoms with Gasteiger partial charge in [0, 0.05) is 0 Å². The van der Waals surface area contributed by atoms with E-state index in [1.165, 1.54) is 0 Å². The normalized spacial score (nSPS) is 11.2. The molecule has 8 heavy (non-hydrogen) atoms. The molecule has 0 rings (SSSR count). The molecule has 0 aliphatic carbocycles. The molecular weight excluding hydrogens is 119 g/mol. The van der Waals surface area contributed by atoms with Crippen molar-refractivity contribution in [3.8, 4) is 0 Å². The van der Waals surface area contributed by atoms with E-state index in [-0.39, 0.29) is 37.3 Å². The van der Waals surface area contributed by atoms with Crippen molar-refractivity contribution in [3.05, 3.63) is 0 Å². The van der Waals surface area contributed by atoms with E-state index in [1.54, 1.807) is 0 Å². The third-order valence-corrected chi connectivity index (χ3v) is 0.545. The van der Waals surface area contributed by atoms with Crippen LogP contribution in [0.1, 0.15) is 8.35 Å². The summed E-state index contributed by atoms with van der Waals surface area (Å²) in [5.41, 5.74) is 0. The fourth-order valence-corrected chi connectivity index (χ4v) is 0.0958. The van der Waals surface area contributed by atoms with Crippen molar-refractivity contribution in [1.82, 2.24) is 0 Å². The van der Waals surface area contributed by atoms with Gasteiger partial charge < -0.3 is 6.53 Å². The van der Waals surface area contributed by atoms with Gasteiger partial charge in [0.05, 0.1) is 0 Å². The number of carbonyl (C=O) groups is 2. The molecule has 0 aliphatic heterocycles. The molecule has 0 heterocycles.